The van der Waals surface area contributed by atoms with Crippen molar-refractivity contribution in [2.75, 3.05) is 19.6 Å². The molecule has 1 aromatic rings. The van der Waals surface area contributed by atoms with Crippen LogP contribution < -0.4 is 0 Å². The van der Waals surface area contributed by atoms with E-state index in [-0.39, 0.29) is 0 Å². The minimum absolute atomic E-state index is 0.493. The molecule has 0 aromatic carbocycles. The average molecular weight is 332 g/mol. The first-order valence-corrected chi connectivity index (χ1v) is 8.46. The summed E-state index contributed by atoms with van der Waals surface area (Å²) in [6, 6.07) is 2.14. The molecule has 0 aliphatic carbocycles. The third-order valence-electron chi connectivity index (χ3n) is 3.67. The van der Waals surface area contributed by atoms with Crippen LogP contribution >= 0.6 is 27.3 Å². The van der Waals surface area contributed by atoms with Gasteiger partial charge in [0.15, 0.2) is 0 Å². The molecule has 2 rings (SSSR count). The topological polar surface area (TPSA) is 23.5 Å². The minimum atomic E-state index is -0.493. The molecule has 1 aliphatic heterocycles. The van der Waals surface area contributed by atoms with Gasteiger partial charge >= 0.3 is 0 Å². The Bertz CT molecular complexity index is 382. The molecule has 1 unspecified atom stereocenters. The Hall–Kier alpha value is 0.1000. The van der Waals surface area contributed by atoms with Crippen LogP contribution in [0.15, 0.2) is 15.9 Å². The summed E-state index contributed by atoms with van der Waals surface area (Å²) in [5.41, 5.74) is -0.493. The van der Waals surface area contributed by atoms with Crippen LogP contribution in [0.5, 0.6) is 0 Å². The normalized spacial score (nSPS) is 26.2. The summed E-state index contributed by atoms with van der Waals surface area (Å²) in [5.74, 6) is 0. The van der Waals surface area contributed by atoms with Gasteiger partial charge < -0.3 is 10.0 Å². The van der Waals surface area contributed by atoms with Crippen LogP contribution in [-0.4, -0.2) is 35.2 Å². The third-order valence-corrected chi connectivity index (χ3v) is 5.37. The molecular weight excluding hydrogens is 310 g/mol. The second-order valence-electron chi connectivity index (χ2n) is 5.33. The summed E-state index contributed by atoms with van der Waals surface area (Å²) in [4.78, 5) is 3.77. The maximum absolute atomic E-state index is 10.8. The molecule has 2 heterocycles. The van der Waals surface area contributed by atoms with Crippen molar-refractivity contribution in [3.63, 3.8) is 0 Å². The van der Waals surface area contributed by atoms with Crippen LogP contribution in [0.4, 0.5) is 0 Å². The Morgan fingerprint density at radius 3 is 2.94 bits per heavy atom. The summed E-state index contributed by atoms with van der Waals surface area (Å²) in [6.45, 7) is 5.57. The Morgan fingerprint density at radius 1 is 1.44 bits per heavy atom. The van der Waals surface area contributed by atoms with E-state index in [1.807, 2.05) is 0 Å². The van der Waals surface area contributed by atoms with Crippen molar-refractivity contribution in [3.8, 4) is 0 Å². The van der Waals surface area contributed by atoms with Crippen LogP contribution in [0.2, 0.25) is 0 Å². The van der Waals surface area contributed by atoms with Gasteiger partial charge in [0.2, 0.25) is 0 Å². The maximum Gasteiger partial charge on any atom is 0.0708 e. The lowest BCUT2D eigenvalue weighted by Crippen LogP contribution is -2.33. The molecule has 1 saturated heterocycles. The van der Waals surface area contributed by atoms with E-state index in [0.717, 1.165) is 43.2 Å². The molecule has 0 spiro atoms. The molecule has 1 N–H and O–H groups in total. The number of rotatable bonds is 4. The lowest BCUT2D eigenvalue weighted by atomic mass is 9.90. The van der Waals surface area contributed by atoms with Crippen molar-refractivity contribution in [2.24, 2.45) is 0 Å². The highest BCUT2D eigenvalue weighted by atomic mass is 79.9. The van der Waals surface area contributed by atoms with Crippen LogP contribution in [-0.2, 0) is 6.42 Å². The number of thiophene rings is 1. The Balaban J connectivity index is 1.94. The molecule has 0 amide bonds. The molecule has 0 radical (unpaired) electrons. The fraction of sp³-hybridized carbons (Fsp3) is 0.714. The zero-order chi connectivity index (χ0) is 13.0. The van der Waals surface area contributed by atoms with Crippen LogP contribution in [0.1, 0.15) is 37.5 Å². The van der Waals surface area contributed by atoms with Crippen molar-refractivity contribution >= 4 is 27.3 Å². The van der Waals surface area contributed by atoms with Gasteiger partial charge in [-0.05, 0) is 60.8 Å². The summed E-state index contributed by atoms with van der Waals surface area (Å²) in [7, 11) is 0. The Labute approximate surface area is 122 Å². The largest absolute Gasteiger partial charge is 0.389 e. The molecule has 1 aliphatic rings. The maximum atomic E-state index is 10.8. The first kappa shape index (κ1) is 14.5. The van der Waals surface area contributed by atoms with E-state index in [4.69, 9.17) is 0 Å². The number of hydrogen-bond acceptors (Lipinski definition) is 3. The lowest BCUT2D eigenvalue weighted by molar-refractivity contribution is 0.0264. The fourth-order valence-corrected chi connectivity index (χ4v) is 4.31. The van der Waals surface area contributed by atoms with Crippen LogP contribution in [0, 0.1) is 0 Å². The van der Waals surface area contributed by atoms with Crippen molar-refractivity contribution in [1.82, 2.24) is 4.90 Å². The van der Waals surface area contributed by atoms with Gasteiger partial charge in [-0.3, -0.25) is 0 Å². The monoisotopic (exact) mass is 331 g/mol. The molecule has 2 nitrogen and oxygen atoms in total. The summed E-state index contributed by atoms with van der Waals surface area (Å²) < 4.78 is 1.13. The van der Waals surface area contributed by atoms with E-state index in [2.05, 4.69) is 39.2 Å². The predicted molar refractivity (Wildman–Crippen MR) is 81.3 cm³/mol. The summed E-state index contributed by atoms with van der Waals surface area (Å²) in [6.07, 6.45) is 4.97. The van der Waals surface area contributed by atoms with Crippen molar-refractivity contribution in [3.05, 3.63) is 20.8 Å². The second kappa shape index (κ2) is 6.51. The molecule has 0 bridgehead atoms. The first-order valence-electron chi connectivity index (χ1n) is 6.79. The summed E-state index contributed by atoms with van der Waals surface area (Å²) in [5, 5.41) is 12.9. The van der Waals surface area contributed by atoms with Crippen molar-refractivity contribution in [2.45, 2.75) is 44.6 Å². The van der Waals surface area contributed by atoms with Gasteiger partial charge in [-0.2, -0.15) is 0 Å². The predicted octanol–water partition coefficient (Wildman–Crippen LogP) is 3.68. The van der Waals surface area contributed by atoms with Crippen molar-refractivity contribution in [1.29, 1.82) is 0 Å². The van der Waals surface area contributed by atoms with Gasteiger partial charge in [-0.25, -0.2) is 0 Å². The molecule has 1 fully saturated rings. The van der Waals surface area contributed by atoms with Gasteiger partial charge in [0.25, 0.3) is 0 Å². The second-order valence-corrected chi connectivity index (χ2v) is 7.24. The minimum Gasteiger partial charge on any atom is -0.389 e. The average Bonchev–Trinajstić information content (AvgIpc) is 2.62. The van der Waals surface area contributed by atoms with E-state index in [9.17, 15) is 5.11 Å². The van der Waals surface area contributed by atoms with Gasteiger partial charge in [-0.1, -0.05) is 6.92 Å². The van der Waals surface area contributed by atoms with E-state index in [0.29, 0.717) is 0 Å². The standard InChI is InChI=1S/C14H22BrNOS/c1-2-6-16-7-3-4-14(17,5-8-16)10-13-9-12(15)11-18-13/h9,11,17H,2-8,10H2,1H3. The number of aliphatic hydroxyl groups is 1. The molecule has 0 saturated carbocycles. The summed E-state index contributed by atoms with van der Waals surface area (Å²) >= 11 is 5.22. The molecule has 18 heavy (non-hydrogen) atoms. The molecule has 1 atom stereocenters. The fourth-order valence-electron chi connectivity index (χ4n) is 2.72. The highest BCUT2D eigenvalue weighted by Crippen LogP contribution is 2.30. The quantitative estimate of drug-likeness (QED) is 0.909. The number of nitrogens with zero attached hydrogens (tertiary/aromatic N) is 1. The smallest absolute Gasteiger partial charge is 0.0708 e. The van der Waals surface area contributed by atoms with E-state index >= 15 is 0 Å². The third kappa shape index (κ3) is 4.05. The number of halogens is 1. The molecule has 1 aromatic heterocycles. The first-order chi connectivity index (χ1) is 8.61. The van der Waals surface area contributed by atoms with Gasteiger partial charge in [0.1, 0.15) is 0 Å². The van der Waals surface area contributed by atoms with E-state index in [1.54, 1.807) is 11.3 Å². The Morgan fingerprint density at radius 2 is 2.28 bits per heavy atom. The lowest BCUT2D eigenvalue weighted by Gasteiger charge is -2.26. The number of likely N-dealkylation sites (tertiary alicyclic amines) is 1. The van der Waals surface area contributed by atoms with E-state index in [1.165, 1.54) is 17.8 Å². The van der Waals surface area contributed by atoms with E-state index < -0.39 is 5.60 Å². The van der Waals surface area contributed by atoms with Gasteiger partial charge in [0, 0.05) is 27.7 Å². The molecular formula is C14H22BrNOS. The molecule has 102 valence electrons. The van der Waals surface area contributed by atoms with Crippen LogP contribution in [0.3, 0.4) is 0 Å². The highest BCUT2D eigenvalue weighted by Gasteiger charge is 2.30. The van der Waals surface area contributed by atoms with Gasteiger partial charge in [0.05, 0.1) is 5.60 Å². The molecule has 4 heteroatoms. The number of hydrogen-bond donors (Lipinski definition) is 1. The van der Waals surface area contributed by atoms with Crippen molar-refractivity contribution < 1.29 is 5.11 Å². The zero-order valence-corrected chi connectivity index (χ0v) is 13.4. The SMILES string of the molecule is CCCN1CCCC(O)(Cc2cc(Br)cs2)CC1. The van der Waals surface area contributed by atoms with Gasteiger partial charge in [-0.15, -0.1) is 11.3 Å². The van der Waals surface area contributed by atoms with Crippen LogP contribution in [0.25, 0.3) is 0 Å². The Kier molecular flexibility index (Phi) is 5.24. The zero-order valence-electron chi connectivity index (χ0n) is 11.0. The highest BCUT2D eigenvalue weighted by molar-refractivity contribution is 9.10.